The van der Waals surface area contributed by atoms with Crippen LogP contribution < -0.4 is 4.90 Å². The first-order valence-corrected chi connectivity index (χ1v) is 8.42. The van der Waals surface area contributed by atoms with Gasteiger partial charge in [-0.15, -0.1) is 12.4 Å². The van der Waals surface area contributed by atoms with Crippen molar-refractivity contribution in [3.05, 3.63) is 50.9 Å². The third-order valence-electron chi connectivity index (χ3n) is 3.83. The Hall–Kier alpha value is -1.56. The molecule has 1 heterocycles. The number of nitrogens with zero attached hydrogens (tertiary/aromatic N) is 3. The van der Waals surface area contributed by atoms with E-state index in [9.17, 15) is 9.90 Å². The van der Waals surface area contributed by atoms with Crippen LogP contribution in [-0.2, 0) is 6.42 Å². The zero-order chi connectivity index (χ0) is 17.9. The van der Waals surface area contributed by atoms with E-state index in [0.717, 1.165) is 11.1 Å². The Morgan fingerprint density at radius 2 is 1.84 bits per heavy atom. The van der Waals surface area contributed by atoms with Crippen molar-refractivity contribution < 1.29 is 9.90 Å². The number of rotatable bonds is 6. The molecule has 2 rings (SSSR count). The molecule has 5 nitrogen and oxygen atoms in total. The number of hydrogen-bond acceptors (Lipinski definition) is 4. The van der Waals surface area contributed by atoms with E-state index in [0.29, 0.717) is 41.1 Å². The summed E-state index contributed by atoms with van der Waals surface area (Å²) < 4.78 is 0. The molecule has 2 aromatic rings. The lowest BCUT2D eigenvalue weighted by Gasteiger charge is -2.24. The highest BCUT2D eigenvalue weighted by atomic mass is 35.5. The van der Waals surface area contributed by atoms with Gasteiger partial charge in [-0.25, -0.2) is 14.8 Å². The van der Waals surface area contributed by atoms with Crippen molar-refractivity contribution >= 4 is 47.4 Å². The highest BCUT2D eigenvalue weighted by Gasteiger charge is 2.20. The summed E-state index contributed by atoms with van der Waals surface area (Å²) >= 11 is 12.2. The molecule has 0 aliphatic carbocycles. The van der Waals surface area contributed by atoms with Gasteiger partial charge in [0.15, 0.2) is 0 Å². The van der Waals surface area contributed by atoms with Gasteiger partial charge in [-0.1, -0.05) is 29.3 Å². The predicted octanol–water partition coefficient (Wildman–Crippen LogP) is 4.65. The smallest absolute Gasteiger partial charge is 0.374 e. The minimum absolute atomic E-state index is 0. The quantitative estimate of drug-likeness (QED) is 0.759. The molecular formula is C17H20Cl3N3O2. The number of halogens is 3. The maximum absolute atomic E-state index is 11.3. The second-order valence-electron chi connectivity index (χ2n) is 5.32. The predicted molar refractivity (Wildman–Crippen MR) is 104 cm³/mol. The van der Waals surface area contributed by atoms with Crippen LogP contribution in [0.3, 0.4) is 0 Å². The lowest BCUT2D eigenvalue weighted by atomic mass is 10.0. The largest absolute Gasteiger partial charge is 0.475 e. The van der Waals surface area contributed by atoms with Gasteiger partial charge in [0.1, 0.15) is 5.82 Å². The Morgan fingerprint density at radius 1 is 1.20 bits per heavy atom. The molecule has 0 atom stereocenters. The summed E-state index contributed by atoms with van der Waals surface area (Å²) in [5.74, 6) is -0.696. The number of aromatic nitrogens is 2. The van der Waals surface area contributed by atoms with Crippen molar-refractivity contribution in [3.8, 4) is 0 Å². The fourth-order valence-corrected chi connectivity index (χ4v) is 3.00. The van der Waals surface area contributed by atoms with Crippen molar-refractivity contribution in [1.29, 1.82) is 0 Å². The molecule has 0 bridgehead atoms. The summed E-state index contributed by atoms with van der Waals surface area (Å²) in [5.41, 5.74) is 2.40. The van der Waals surface area contributed by atoms with Gasteiger partial charge < -0.3 is 10.0 Å². The standard InChI is InChI=1S/C17H19Cl2N3O2.ClH/c1-4-22(5-2)16-13(10(3)20-15(21-16)17(23)24)8-11-6-7-12(18)9-14(11)19;/h6-7,9H,4-5,8H2,1-3H3,(H,23,24);1H. The highest BCUT2D eigenvalue weighted by molar-refractivity contribution is 6.35. The van der Waals surface area contributed by atoms with E-state index in [2.05, 4.69) is 9.97 Å². The van der Waals surface area contributed by atoms with Gasteiger partial charge in [-0.2, -0.15) is 0 Å². The van der Waals surface area contributed by atoms with Crippen molar-refractivity contribution in [1.82, 2.24) is 9.97 Å². The van der Waals surface area contributed by atoms with Gasteiger partial charge in [-0.05, 0) is 38.5 Å². The van der Waals surface area contributed by atoms with E-state index in [1.165, 1.54) is 0 Å². The lowest BCUT2D eigenvalue weighted by molar-refractivity contribution is 0.0683. The minimum Gasteiger partial charge on any atom is -0.475 e. The first kappa shape index (κ1) is 21.5. The van der Waals surface area contributed by atoms with Gasteiger partial charge >= 0.3 is 5.97 Å². The van der Waals surface area contributed by atoms with E-state index in [1.807, 2.05) is 24.8 Å². The number of carbonyl (C=O) groups is 1. The molecule has 0 aliphatic rings. The normalized spacial score (nSPS) is 10.3. The Kier molecular flexibility index (Phi) is 7.93. The third-order valence-corrected chi connectivity index (χ3v) is 4.42. The van der Waals surface area contributed by atoms with Crippen LogP contribution in [0.4, 0.5) is 5.82 Å². The lowest BCUT2D eigenvalue weighted by Crippen LogP contribution is -2.26. The second kappa shape index (κ2) is 9.22. The average molecular weight is 405 g/mol. The van der Waals surface area contributed by atoms with Crippen LogP contribution in [0.25, 0.3) is 0 Å². The van der Waals surface area contributed by atoms with E-state index < -0.39 is 5.97 Å². The monoisotopic (exact) mass is 403 g/mol. The molecule has 25 heavy (non-hydrogen) atoms. The summed E-state index contributed by atoms with van der Waals surface area (Å²) in [6, 6.07) is 5.33. The van der Waals surface area contributed by atoms with Crippen LogP contribution in [0.5, 0.6) is 0 Å². The summed E-state index contributed by atoms with van der Waals surface area (Å²) in [6.45, 7) is 7.22. The maximum Gasteiger partial charge on any atom is 0.374 e. The molecule has 0 unspecified atom stereocenters. The number of hydrogen-bond donors (Lipinski definition) is 1. The molecule has 0 saturated carbocycles. The highest BCUT2D eigenvalue weighted by Crippen LogP contribution is 2.28. The molecule has 8 heteroatoms. The Bertz CT molecular complexity index is 765. The number of aryl methyl sites for hydroxylation is 1. The number of carboxylic acids is 1. The number of carboxylic acid groups (broad SMARTS) is 1. The van der Waals surface area contributed by atoms with E-state index in [4.69, 9.17) is 23.2 Å². The number of anilines is 1. The maximum atomic E-state index is 11.3. The zero-order valence-electron chi connectivity index (χ0n) is 14.2. The molecule has 0 fully saturated rings. The van der Waals surface area contributed by atoms with Crippen molar-refractivity contribution in [2.45, 2.75) is 27.2 Å². The van der Waals surface area contributed by atoms with Crippen LogP contribution in [0, 0.1) is 6.92 Å². The molecular weight excluding hydrogens is 385 g/mol. The van der Waals surface area contributed by atoms with Crippen LogP contribution in [-0.4, -0.2) is 34.1 Å². The fraction of sp³-hybridized carbons (Fsp3) is 0.353. The Labute approximate surface area is 163 Å². The van der Waals surface area contributed by atoms with Gasteiger partial charge in [-0.3, -0.25) is 0 Å². The third kappa shape index (κ3) is 4.97. The summed E-state index contributed by atoms with van der Waals surface area (Å²) in [4.78, 5) is 21.7. The number of aromatic carboxylic acids is 1. The number of benzene rings is 1. The van der Waals surface area contributed by atoms with Gasteiger partial charge in [0.05, 0.1) is 0 Å². The topological polar surface area (TPSA) is 66.3 Å². The van der Waals surface area contributed by atoms with Crippen LogP contribution in [0.1, 0.15) is 41.3 Å². The average Bonchev–Trinajstić information content (AvgIpc) is 2.53. The van der Waals surface area contributed by atoms with Crippen molar-refractivity contribution in [2.24, 2.45) is 0 Å². The van der Waals surface area contributed by atoms with E-state index >= 15 is 0 Å². The zero-order valence-corrected chi connectivity index (χ0v) is 16.5. The van der Waals surface area contributed by atoms with E-state index in [1.54, 1.807) is 19.1 Å². The summed E-state index contributed by atoms with van der Waals surface area (Å²) in [7, 11) is 0. The van der Waals surface area contributed by atoms with Crippen LogP contribution in [0.15, 0.2) is 18.2 Å². The summed E-state index contributed by atoms with van der Waals surface area (Å²) in [6.07, 6.45) is 0.508. The minimum atomic E-state index is -1.14. The molecule has 0 saturated heterocycles. The first-order valence-electron chi connectivity index (χ1n) is 7.67. The molecule has 1 aromatic heterocycles. The second-order valence-corrected chi connectivity index (χ2v) is 6.17. The SMILES string of the molecule is CCN(CC)c1nc(C(=O)O)nc(C)c1Cc1ccc(Cl)cc1Cl.Cl. The van der Waals surface area contributed by atoms with Gasteiger partial charge in [0.2, 0.25) is 5.82 Å². The van der Waals surface area contributed by atoms with Crippen LogP contribution in [0.2, 0.25) is 10.0 Å². The Morgan fingerprint density at radius 3 is 2.36 bits per heavy atom. The molecule has 0 aliphatic heterocycles. The molecule has 1 N–H and O–H groups in total. The molecule has 0 spiro atoms. The van der Waals surface area contributed by atoms with Crippen molar-refractivity contribution in [2.75, 3.05) is 18.0 Å². The van der Waals surface area contributed by atoms with Gasteiger partial charge in [0, 0.05) is 40.8 Å². The van der Waals surface area contributed by atoms with E-state index in [-0.39, 0.29) is 18.2 Å². The summed E-state index contributed by atoms with van der Waals surface area (Å²) in [5, 5.41) is 10.4. The van der Waals surface area contributed by atoms with Crippen LogP contribution >= 0.6 is 35.6 Å². The first-order chi connectivity index (χ1) is 11.4. The fourth-order valence-electron chi connectivity index (χ4n) is 2.52. The van der Waals surface area contributed by atoms with Gasteiger partial charge in [0.25, 0.3) is 0 Å². The molecule has 1 aromatic carbocycles. The van der Waals surface area contributed by atoms with Crippen molar-refractivity contribution in [3.63, 3.8) is 0 Å². The molecule has 0 radical (unpaired) electrons. The molecule has 0 amide bonds. The molecule has 136 valence electrons. The Balaban J connectivity index is 0.00000312.